The fourth-order valence-electron chi connectivity index (χ4n) is 2.61. The van der Waals surface area contributed by atoms with Crippen LogP contribution >= 0.6 is 11.8 Å². The van der Waals surface area contributed by atoms with E-state index in [9.17, 15) is 0 Å². The minimum Gasteiger partial charge on any atom is -0.326 e. The Hall–Kier alpha value is -0.510. The van der Waals surface area contributed by atoms with Crippen LogP contribution in [-0.4, -0.2) is 28.5 Å². The second-order valence-corrected chi connectivity index (χ2v) is 6.44. The van der Waals surface area contributed by atoms with Crippen LogP contribution < -0.4 is 5.73 Å². The molecule has 1 aromatic carbocycles. The zero-order chi connectivity index (χ0) is 11.0. The lowest BCUT2D eigenvalue weighted by atomic mass is 10.1. The number of thioether (sulfide) groups is 1. The van der Waals surface area contributed by atoms with Crippen molar-refractivity contribution in [3.63, 3.8) is 0 Å². The normalized spacial score (nSPS) is 28.8. The maximum Gasteiger partial charge on any atom is 0.0234 e. The van der Waals surface area contributed by atoms with Crippen molar-refractivity contribution in [1.29, 1.82) is 0 Å². The first-order chi connectivity index (χ1) is 7.83. The molecule has 3 heterocycles. The van der Waals surface area contributed by atoms with Crippen molar-refractivity contribution in [3.8, 4) is 0 Å². The van der Waals surface area contributed by atoms with Gasteiger partial charge in [-0.15, -0.1) is 0 Å². The summed E-state index contributed by atoms with van der Waals surface area (Å²) in [6.07, 6.45) is 1.45. The van der Waals surface area contributed by atoms with E-state index in [0.29, 0.717) is 6.54 Å². The zero-order valence-electron chi connectivity index (χ0n) is 9.43. The van der Waals surface area contributed by atoms with Gasteiger partial charge in [-0.05, 0) is 17.5 Å². The number of piperidine rings is 1. The predicted molar refractivity (Wildman–Crippen MR) is 69.4 cm³/mol. The largest absolute Gasteiger partial charge is 0.326 e. The Morgan fingerprint density at radius 2 is 1.69 bits per heavy atom. The van der Waals surface area contributed by atoms with Crippen LogP contribution in [0.15, 0.2) is 24.3 Å². The highest BCUT2D eigenvalue weighted by atomic mass is 32.2. The van der Waals surface area contributed by atoms with Gasteiger partial charge in [0.15, 0.2) is 0 Å². The van der Waals surface area contributed by atoms with Crippen LogP contribution in [0.2, 0.25) is 0 Å². The van der Waals surface area contributed by atoms with Gasteiger partial charge in [0.1, 0.15) is 0 Å². The van der Waals surface area contributed by atoms with Crippen LogP contribution in [0, 0.1) is 0 Å². The van der Waals surface area contributed by atoms with Gasteiger partial charge in [0.05, 0.1) is 0 Å². The van der Waals surface area contributed by atoms with Crippen LogP contribution in [0.25, 0.3) is 0 Å². The van der Waals surface area contributed by atoms with Crippen molar-refractivity contribution in [2.24, 2.45) is 5.73 Å². The van der Waals surface area contributed by atoms with Crippen LogP contribution in [0.5, 0.6) is 0 Å². The highest BCUT2D eigenvalue weighted by Crippen LogP contribution is 2.41. The Bertz CT molecular complexity index is 347. The molecule has 0 spiro atoms. The van der Waals surface area contributed by atoms with Crippen molar-refractivity contribution in [1.82, 2.24) is 4.90 Å². The monoisotopic (exact) mass is 234 g/mol. The van der Waals surface area contributed by atoms with E-state index in [0.717, 1.165) is 17.0 Å². The Kier molecular flexibility index (Phi) is 2.92. The summed E-state index contributed by atoms with van der Waals surface area (Å²) in [4.78, 5) is 2.59. The molecule has 16 heavy (non-hydrogen) atoms. The topological polar surface area (TPSA) is 29.3 Å². The Balaban J connectivity index is 1.60. The van der Waals surface area contributed by atoms with Crippen molar-refractivity contribution >= 4 is 11.8 Å². The molecule has 3 fully saturated rings. The number of nitrogens with two attached hydrogens (primary N) is 1. The van der Waals surface area contributed by atoms with Crippen molar-refractivity contribution in [2.75, 3.05) is 13.1 Å². The lowest BCUT2D eigenvalue weighted by Crippen LogP contribution is -2.50. The number of benzene rings is 1. The summed E-state index contributed by atoms with van der Waals surface area (Å²) in [6.45, 7) is 4.31. The first-order valence-corrected chi connectivity index (χ1v) is 6.93. The van der Waals surface area contributed by atoms with E-state index >= 15 is 0 Å². The van der Waals surface area contributed by atoms with Crippen LogP contribution in [0.4, 0.5) is 0 Å². The van der Waals surface area contributed by atoms with Crippen molar-refractivity contribution in [3.05, 3.63) is 35.4 Å². The molecule has 3 aliphatic rings. The molecule has 2 N–H and O–H groups in total. The summed E-state index contributed by atoms with van der Waals surface area (Å²) >= 11 is 2.18. The Labute approximate surface area is 101 Å². The average Bonchev–Trinajstić information content (AvgIpc) is 2.29. The van der Waals surface area contributed by atoms with E-state index in [1.54, 1.807) is 0 Å². The second kappa shape index (κ2) is 4.40. The second-order valence-electron chi connectivity index (χ2n) is 4.83. The third-order valence-corrected chi connectivity index (χ3v) is 4.95. The third kappa shape index (κ3) is 2.12. The molecule has 0 amide bonds. The van der Waals surface area contributed by atoms with Crippen LogP contribution in [-0.2, 0) is 13.1 Å². The average molecular weight is 234 g/mol. The highest BCUT2D eigenvalue weighted by molar-refractivity contribution is 8.02. The minimum atomic E-state index is 0.644. The first kappa shape index (κ1) is 10.6. The molecule has 3 aliphatic heterocycles. The van der Waals surface area contributed by atoms with Gasteiger partial charge in [-0.1, -0.05) is 24.3 Å². The number of hydrogen-bond donors (Lipinski definition) is 1. The number of nitrogens with zero attached hydrogens (tertiary/aromatic N) is 1. The Morgan fingerprint density at radius 1 is 1.12 bits per heavy atom. The Morgan fingerprint density at radius 3 is 2.25 bits per heavy atom. The summed E-state index contributed by atoms with van der Waals surface area (Å²) in [5.41, 5.74) is 8.24. The lowest BCUT2D eigenvalue weighted by molar-refractivity contribution is 0.215. The molecule has 0 radical (unpaired) electrons. The molecule has 0 aromatic heterocycles. The maximum atomic E-state index is 5.59. The zero-order valence-corrected chi connectivity index (χ0v) is 10.2. The van der Waals surface area contributed by atoms with Crippen LogP contribution in [0.3, 0.4) is 0 Å². The highest BCUT2D eigenvalue weighted by Gasteiger charge is 2.37. The van der Waals surface area contributed by atoms with Gasteiger partial charge in [0.25, 0.3) is 0 Å². The van der Waals surface area contributed by atoms with Gasteiger partial charge in [-0.25, -0.2) is 0 Å². The van der Waals surface area contributed by atoms with E-state index in [2.05, 4.69) is 40.9 Å². The molecule has 86 valence electrons. The molecule has 0 aliphatic carbocycles. The molecular weight excluding hydrogens is 216 g/mol. The van der Waals surface area contributed by atoms with Gasteiger partial charge in [-0.2, -0.15) is 11.8 Å². The summed E-state index contributed by atoms with van der Waals surface area (Å²) < 4.78 is 0. The minimum absolute atomic E-state index is 0.644. The summed E-state index contributed by atoms with van der Waals surface area (Å²) in [6, 6.07) is 8.73. The molecule has 0 saturated carbocycles. The van der Waals surface area contributed by atoms with Crippen LogP contribution in [0.1, 0.15) is 17.5 Å². The van der Waals surface area contributed by atoms with Gasteiger partial charge < -0.3 is 5.73 Å². The lowest BCUT2D eigenvalue weighted by Gasteiger charge is -2.46. The summed E-state index contributed by atoms with van der Waals surface area (Å²) in [5.74, 6) is 0. The smallest absolute Gasteiger partial charge is 0.0234 e. The molecule has 2 nitrogen and oxygen atoms in total. The quantitative estimate of drug-likeness (QED) is 0.865. The fourth-order valence-corrected chi connectivity index (χ4v) is 4.07. The molecular formula is C13H18N2S. The number of rotatable bonds is 3. The SMILES string of the molecule is NCc1ccc(CN2CC3CC(C2)S3)cc1. The van der Waals surface area contributed by atoms with E-state index < -0.39 is 0 Å². The molecule has 1 aromatic rings. The standard InChI is InChI=1S/C13H18N2S/c14-6-10-1-3-11(4-2-10)7-15-8-12-5-13(9-15)16-12/h1-4,12-13H,5-9,14H2. The summed E-state index contributed by atoms with van der Waals surface area (Å²) in [5, 5.41) is 1.84. The molecule has 4 rings (SSSR count). The van der Waals surface area contributed by atoms with Gasteiger partial charge in [0.2, 0.25) is 0 Å². The molecule has 2 unspecified atom stereocenters. The predicted octanol–water partition coefficient (Wildman–Crippen LogP) is 1.83. The third-order valence-electron chi connectivity index (χ3n) is 3.50. The van der Waals surface area contributed by atoms with Crippen molar-refractivity contribution < 1.29 is 0 Å². The fraction of sp³-hybridized carbons (Fsp3) is 0.538. The molecule has 2 atom stereocenters. The number of fused-ring (bicyclic) bond motifs is 2. The molecule has 3 heteroatoms. The van der Waals surface area contributed by atoms with E-state index in [1.165, 1.54) is 30.6 Å². The van der Waals surface area contributed by atoms with Gasteiger partial charge in [-0.3, -0.25) is 4.90 Å². The molecule has 2 bridgehead atoms. The van der Waals surface area contributed by atoms with E-state index in [1.807, 2.05) is 0 Å². The maximum absolute atomic E-state index is 5.59. The van der Waals surface area contributed by atoms with E-state index in [-0.39, 0.29) is 0 Å². The van der Waals surface area contributed by atoms with E-state index in [4.69, 9.17) is 5.73 Å². The van der Waals surface area contributed by atoms with Gasteiger partial charge in [0, 0.05) is 36.7 Å². The first-order valence-electron chi connectivity index (χ1n) is 5.99. The molecule has 3 saturated heterocycles. The number of hydrogen-bond acceptors (Lipinski definition) is 3. The van der Waals surface area contributed by atoms with Crippen molar-refractivity contribution in [2.45, 2.75) is 30.0 Å². The summed E-state index contributed by atoms with van der Waals surface area (Å²) in [7, 11) is 0. The van der Waals surface area contributed by atoms with Gasteiger partial charge >= 0.3 is 0 Å².